The van der Waals surface area contributed by atoms with Gasteiger partial charge in [-0.15, -0.1) is 0 Å². The van der Waals surface area contributed by atoms with Crippen LogP contribution in [0.1, 0.15) is 33.1 Å². The molecule has 0 bridgehead atoms. The maximum atomic E-state index is 4.40. The minimum atomic E-state index is 0.547. The van der Waals surface area contributed by atoms with Crippen LogP contribution in [0.4, 0.5) is 5.82 Å². The second kappa shape index (κ2) is 4.44. The lowest BCUT2D eigenvalue weighted by Crippen LogP contribution is -2.44. The van der Waals surface area contributed by atoms with E-state index in [9.17, 15) is 0 Å². The lowest BCUT2D eigenvalue weighted by molar-refractivity contribution is 0.0698. The number of hydrogen-bond acceptors (Lipinski definition) is 2. The largest absolute Gasteiger partial charge is 0.359 e. The van der Waals surface area contributed by atoms with Crippen molar-refractivity contribution in [2.24, 2.45) is 11.3 Å². The summed E-state index contributed by atoms with van der Waals surface area (Å²) in [5, 5.41) is 0. The van der Waals surface area contributed by atoms with Gasteiger partial charge >= 0.3 is 0 Å². The first-order valence-corrected chi connectivity index (χ1v) is 6.27. The van der Waals surface area contributed by atoms with E-state index in [0.717, 1.165) is 18.3 Å². The lowest BCUT2D eigenvalue weighted by atomic mass is 9.61. The third-order valence-corrected chi connectivity index (χ3v) is 3.93. The number of aromatic nitrogens is 1. The summed E-state index contributed by atoms with van der Waals surface area (Å²) in [6, 6.07) is 6.12. The molecule has 2 nitrogen and oxygen atoms in total. The number of nitrogens with zero attached hydrogens (tertiary/aromatic N) is 2. The average molecular weight is 218 g/mol. The van der Waals surface area contributed by atoms with Gasteiger partial charge in [0, 0.05) is 19.8 Å². The Morgan fingerprint density at radius 3 is 2.69 bits per heavy atom. The van der Waals surface area contributed by atoms with Gasteiger partial charge in [0.1, 0.15) is 5.82 Å². The third kappa shape index (κ3) is 2.21. The van der Waals surface area contributed by atoms with E-state index in [0.29, 0.717) is 5.41 Å². The van der Waals surface area contributed by atoms with E-state index in [1.807, 2.05) is 12.3 Å². The van der Waals surface area contributed by atoms with Crippen molar-refractivity contribution < 1.29 is 0 Å². The molecule has 0 unspecified atom stereocenters. The summed E-state index contributed by atoms with van der Waals surface area (Å²) in [5.41, 5.74) is 0.547. The lowest BCUT2D eigenvalue weighted by Gasteiger charge is -2.48. The predicted molar refractivity (Wildman–Crippen MR) is 68.6 cm³/mol. The summed E-state index contributed by atoms with van der Waals surface area (Å²) in [6.07, 6.45) is 5.91. The summed E-state index contributed by atoms with van der Waals surface area (Å²) in [5.74, 6) is 2.01. The van der Waals surface area contributed by atoms with Crippen LogP contribution < -0.4 is 4.90 Å². The van der Waals surface area contributed by atoms with Crippen molar-refractivity contribution in [2.75, 3.05) is 18.5 Å². The molecule has 1 aliphatic carbocycles. The van der Waals surface area contributed by atoms with Crippen molar-refractivity contribution >= 4 is 5.82 Å². The summed E-state index contributed by atoms with van der Waals surface area (Å²) in [7, 11) is 2.16. The van der Waals surface area contributed by atoms with Gasteiger partial charge in [-0.1, -0.05) is 19.9 Å². The van der Waals surface area contributed by atoms with E-state index in [2.05, 4.69) is 42.9 Å². The van der Waals surface area contributed by atoms with E-state index in [4.69, 9.17) is 0 Å². The Balaban J connectivity index is 1.99. The van der Waals surface area contributed by atoms with E-state index in [-0.39, 0.29) is 0 Å². The van der Waals surface area contributed by atoms with Crippen molar-refractivity contribution in [1.29, 1.82) is 0 Å². The van der Waals surface area contributed by atoms with Crippen LogP contribution >= 0.6 is 0 Å². The predicted octanol–water partition coefficient (Wildman–Crippen LogP) is 3.34. The molecule has 0 aliphatic heterocycles. The minimum absolute atomic E-state index is 0.547. The standard InChI is InChI=1S/C14H22N2/c1-4-14(9-12(2)10-14)11-16(3)13-7-5-6-8-15-13/h5-8,12H,4,9-11H2,1-3H3. The molecule has 1 heterocycles. The molecule has 0 atom stereocenters. The normalized spacial score (nSPS) is 28.6. The van der Waals surface area contributed by atoms with Gasteiger partial charge in [0.05, 0.1) is 0 Å². The van der Waals surface area contributed by atoms with Gasteiger partial charge in [0.25, 0.3) is 0 Å². The van der Waals surface area contributed by atoms with Gasteiger partial charge in [-0.25, -0.2) is 4.98 Å². The summed E-state index contributed by atoms with van der Waals surface area (Å²) in [6.45, 7) is 5.82. The molecule has 0 N–H and O–H groups in total. The zero-order valence-electron chi connectivity index (χ0n) is 10.6. The first kappa shape index (κ1) is 11.4. The maximum absolute atomic E-state index is 4.40. The Morgan fingerprint density at radius 2 is 2.19 bits per heavy atom. The van der Waals surface area contributed by atoms with E-state index in [1.165, 1.54) is 19.3 Å². The number of anilines is 1. The zero-order valence-corrected chi connectivity index (χ0v) is 10.6. The highest BCUT2D eigenvalue weighted by Gasteiger charge is 2.41. The molecular formula is C14H22N2. The molecule has 1 aromatic heterocycles. The van der Waals surface area contributed by atoms with E-state index >= 15 is 0 Å². The Kier molecular flexibility index (Phi) is 3.17. The van der Waals surface area contributed by atoms with Gasteiger partial charge in [0.2, 0.25) is 0 Å². The summed E-state index contributed by atoms with van der Waals surface area (Å²) >= 11 is 0. The monoisotopic (exact) mass is 218 g/mol. The Morgan fingerprint density at radius 1 is 1.44 bits per heavy atom. The van der Waals surface area contributed by atoms with Crippen molar-refractivity contribution in [2.45, 2.75) is 33.1 Å². The van der Waals surface area contributed by atoms with Crippen LogP contribution in [0.3, 0.4) is 0 Å². The van der Waals surface area contributed by atoms with E-state index in [1.54, 1.807) is 0 Å². The van der Waals surface area contributed by atoms with Crippen molar-refractivity contribution in [3.8, 4) is 0 Å². The maximum Gasteiger partial charge on any atom is 0.128 e. The fraction of sp³-hybridized carbons (Fsp3) is 0.643. The molecule has 1 aliphatic rings. The highest BCUT2D eigenvalue weighted by molar-refractivity contribution is 5.37. The molecule has 88 valence electrons. The summed E-state index contributed by atoms with van der Waals surface area (Å²) in [4.78, 5) is 6.70. The van der Waals surface area contributed by atoms with E-state index < -0.39 is 0 Å². The molecular weight excluding hydrogens is 196 g/mol. The van der Waals surface area contributed by atoms with Gasteiger partial charge in [-0.3, -0.25) is 0 Å². The number of rotatable bonds is 4. The van der Waals surface area contributed by atoms with Crippen LogP contribution in [-0.2, 0) is 0 Å². The van der Waals surface area contributed by atoms with Crippen LogP contribution in [-0.4, -0.2) is 18.6 Å². The molecule has 1 fully saturated rings. The van der Waals surface area contributed by atoms with Crippen LogP contribution in [0.2, 0.25) is 0 Å². The molecule has 2 heteroatoms. The molecule has 1 saturated carbocycles. The fourth-order valence-electron chi connectivity index (χ4n) is 3.11. The van der Waals surface area contributed by atoms with Crippen LogP contribution in [0.25, 0.3) is 0 Å². The molecule has 0 spiro atoms. The second-order valence-corrected chi connectivity index (χ2v) is 5.41. The first-order valence-electron chi connectivity index (χ1n) is 6.27. The van der Waals surface area contributed by atoms with Gasteiger partial charge < -0.3 is 4.90 Å². The Labute approximate surface area is 98.7 Å². The molecule has 0 amide bonds. The SMILES string of the molecule is CCC1(CN(C)c2ccccn2)CC(C)C1. The van der Waals surface area contributed by atoms with Gasteiger partial charge in [-0.05, 0) is 42.7 Å². The Bertz CT molecular complexity index is 328. The topological polar surface area (TPSA) is 16.1 Å². The quantitative estimate of drug-likeness (QED) is 0.770. The minimum Gasteiger partial charge on any atom is -0.359 e. The molecule has 1 aromatic rings. The van der Waals surface area contributed by atoms with Crippen molar-refractivity contribution in [3.05, 3.63) is 24.4 Å². The van der Waals surface area contributed by atoms with Crippen LogP contribution in [0.15, 0.2) is 24.4 Å². The highest BCUT2D eigenvalue weighted by atomic mass is 15.2. The van der Waals surface area contributed by atoms with Crippen LogP contribution in [0, 0.1) is 11.3 Å². The molecule has 0 aromatic carbocycles. The third-order valence-electron chi connectivity index (χ3n) is 3.93. The smallest absolute Gasteiger partial charge is 0.128 e. The Hall–Kier alpha value is -1.05. The van der Waals surface area contributed by atoms with Crippen molar-refractivity contribution in [3.63, 3.8) is 0 Å². The fourth-order valence-corrected chi connectivity index (χ4v) is 3.11. The van der Waals surface area contributed by atoms with Gasteiger partial charge in [0.15, 0.2) is 0 Å². The number of pyridine rings is 1. The zero-order chi connectivity index (χ0) is 11.6. The summed E-state index contributed by atoms with van der Waals surface area (Å²) < 4.78 is 0. The molecule has 0 radical (unpaired) electrons. The number of hydrogen-bond donors (Lipinski definition) is 0. The van der Waals surface area contributed by atoms with Crippen LogP contribution in [0.5, 0.6) is 0 Å². The average Bonchev–Trinajstić information content (AvgIpc) is 2.27. The van der Waals surface area contributed by atoms with Gasteiger partial charge in [-0.2, -0.15) is 0 Å². The molecule has 16 heavy (non-hydrogen) atoms. The van der Waals surface area contributed by atoms with Crippen molar-refractivity contribution in [1.82, 2.24) is 4.98 Å². The molecule has 0 saturated heterocycles. The highest BCUT2D eigenvalue weighted by Crippen LogP contribution is 2.48. The molecule has 2 rings (SSSR count). The first-order chi connectivity index (χ1) is 7.65. The second-order valence-electron chi connectivity index (χ2n) is 5.41.